The van der Waals surface area contributed by atoms with Gasteiger partial charge in [-0.2, -0.15) is 5.10 Å². The number of carbonyl (C=O) groups excluding carboxylic acids is 1. The highest BCUT2D eigenvalue weighted by molar-refractivity contribution is 8.13. The van der Waals surface area contributed by atoms with Gasteiger partial charge in [0.2, 0.25) is 0 Å². The van der Waals surface area contributed by atoms with Crippen LogP contribution in [0.2, 0.25) is 0 Å². The molecular formula is C20H26N6O2S3. The van der Waals surface area contributed by atoms with Crippen LogP contribution in [0.25, 0.3) is 0 Å². The molecule has 0 aliphatic rings. The number of benzene rings is 1. The summed E-state index contributed by atoms with van der Waals surface area (Å²) in [6.45, 7) is 8.25. The number of hydrazone groups is 1. The predicted molar refractivity (Wildman–Crippen MR) is 133 cm³/mol. The molecular weight excluding hydrogens is 452 g/mol. The normalized spacial score (nSPS) is 10.6. The van der Waals surface area contributed by atoms with Crippen molar-refractivity contribution in [1.29, 1.82) is 0 Å². The fourth-order valence-corrected chi connectivity index (χ4v) is 3.84. The van der Waals surface area contributed by atoms with Gasteiger partial charge in [-0.3, -0.25) is 10.1 Å². The van der Waals surface area contributed by atoms with E-state index >= 15 is 0 Å². The van der Waals surface area contributed by atoms with Gasteiger partial charge in [-0.15, -0.1) is 0 Å². The standard InChI is InChI=1S/C19H22N4O2S3.CH4N2/c1-12-4-6-14(7-5-12)28-15-8-9-16(27-11-20)22-17(15)18(25)23-19(26-3)21-13(2)10-24;1-3-2/h4-9,24H,2,10-11,20H2,1,3H3,(H,21,23,25);1-2H2. The second-order valence-electron chi connectivity index (χ2n) is 5.70. The number of pyridine rings is 1. The van der Waals surface area contributed by atoms with E-state index in [1.807, 2.05) is 43.3 Å². The number of aryl methyl sites for hydroxylation is 1. The summed E-state index contributed by atoms with van der Waals surface area (Å²) in [5.41, 5.74) is 7.32. The minimum Gasteiger partial charge on any atom is -0.390 e. The lowest BCUT2D eigenvalue weighted by Gasteiger charge is -2.11. The van der Waals surface area contributed by atoms with Crippen LogP contribution in [0.1, 0.15) is 16.1 Å². The summed E-state index contributed by atoms with van der Waals surface area (Å²) in [6.07, 6.45) is 1.78. The number of hydrogen-bond donors (Lipinski definition) is 4. The Morgan fingerprint density at radius 3 is 2.45 bits per heavy atom. The van der Waals surface area contributed by atoms with Gasteiger partial charge in [-0.1, -0.05) is 59.6 Å². The monoisotopic (exact) mass is 478 g/mol. The fourth-order valence-electron chi connectivity index (χ4n) is 2.03. The van der Waals surface area contributed by atoms with Crippen LogP contribution in [-0.2, 0) is 0 Å². The number of aliphatic hydroxyl groups is 1. The Hall–Kier alpha value is -2.31. The molecule has 0 saturated carbocycles. The Kier molecular flexibility index (Phi) is 12.6. The highest BCUT2D eigenvalue weighted by Crippen LogP contribution is 2.31. The number of hydrogen-bond acceptors (Lipinski definition) is 10. The van der Waals surface area contributed by atoms with E-state index in [-0.39, 0.29) is 18.2 Å². The molecule has 0 fully saturated rings. The van der Waals surface area contributed by atoms with Gasteiger partial charge in [-0.25, -0.2) is 9.98 Å². The SMILES string of the molecule is C=C(CO)N=C(NC(=O)c1nc(SCN)ccc1Sc1ccc(C)cc1)SC.C=NN. The average molecular weight is 479 g/mol. The van der Waals surface area contributed by atoms with Crippen molar-refractivity contribution in [2.45, 2.75) is 21.7 Å². The first kappa shape index (κ1) is 26.7. The molecule has 0 atom stereocenters. The lowest BCUT2D eigenvalue weighted by Crippen LogP contribution is -2.29. The molecule has 0 radical (unpaired) electrons. The van der Waals surface area contributed by atoms with Gasteiger partial charge in [-0.05, 0) is 37.4 Å². The summed E-state index contributed by atoms with van der Waals surface area (Å²) in [7, 11) is 0. The van der Waals surface area contributed by atoms with E-state index in [0.29, 0.717) is 21.8 Å². The van der Waals surface area contributed by atoms with Crippen LogP contribution >= 0.6 is 35.3 Å². The van der Waals surface area contributed by atoms with Crippen molar-refractivity contribution in [2.24, 2.45) is 21.7 Å². The molecule has 1 amide bonds. The van der Waals surface area contributed by atoms with E-state index in [0.717, 1.165) is 9.79 Å². The molecule has 0 saturated heterocycles. The van der Waals surface area contributed by atoms with Crippen molar-refractivity contribution in [3.05, 3.63) is 59.9 Å². The second-order valence-corrected chi connectivity index (χ2v) is 8.66. The molecule has 1 heterocycles. The Bertz CT molecular complexity index is 920. The molecule has 11 heteroatoms. The van der Waals surface area contributed by atoms with Gasteiger partial charge in [0.25, 0.3) is 5.91 Å². The molecule has 6 N–H and O–H groups in total. The number of thioether (sulfide) groups is 2. The van der Waals surface area contributed by atoms with E-state index in [1.165, 1.54) is 40.8 Å². The third kappa shape index (κ3) is 9.57. The third-order valence-electron chi connectivity index (χ3n) is 3.38. The predicted octanol–water partition coefficient (Wildman–Crippen LogP) is 3.07. The van der Waals surface area contributed by atoms with Crippen LogP contribution in [0.5, 0.6) is 0 Å². The maximum atomic E-state index is 12.9. The third-order valence-corrected chi connectivity index (χ3v) is 5.71. The van der Waals surface area contributed by atoms with Gasteiger partial charge in [0.1, 0.15) is 5.69 Å². The van der Waals surface area contributed by atoms with E-state index in [4.69, 9.17) is 10.8 Å². The Morgan fingerprint density at radius 2 is 1.90 bits per heavy atom. The summed E-state index contributed by atoms with van der Waals surface area (Å²) in [4.78, 5) is 23.2. The Balaban J connectivity index is 0.00000151. The molecule has 2 aromatic rings. The van der Waals surface area contributed by atoms with Gasteiger partial charge >= 0.3 is 0 Å². The number of aliphatic imine (C=N–C) groups is 1. The smallest absolute Gasteiger partial charge is 0.277 e. The van der Waals surface area contributed by atoms with Crippen molar-refractivity contribution in [3.63, 3.8) is 0 Å². The molecule has 0 spiro atoms. The maximum Gasteiger partial charge on any atom is 0.277 e. The number of nitrogens with one attached hydrogen (secondary N) is 1. The molecule has 2 rings (SSSR count). The number of rotatable bonds is 7. The van der Waals surface area contributed by atoms with Crippen LogP contribution in [0, 0.1) is 6.92 Å². The van der Waals surface area contributed by atoms with Crippen LogP contribution < -0.4 is 16.9 Å². The molecule has 0 aliphatic carbocycles. The van der Waals surface area contributed by atoms with Crippen molar-refractivity contribution < 1.29 is 9.90 Å². The number of aromatic nitrogens is 1. The molecule has 0 bridgehead atoms. The lowest BCUT2D eigenvalue weighted by atomic mass is 10.2. The van der Waals surface area contributed by atoms with Crippen molar-refractivity contribution >= 4 is 53.1 Å². The average Bonchev–Trinajstić information content (AvgIpc) is 2.76. The molecule has 8 nitrogen and oxygen atoms in total. The minimum absolute atomic E-state index is 0.263. The van der Waals surface area contributed by atoms with Crippen LogP contribution in [0.4, 0.5) is 0 Å². The maximum absolute atomic E-state index is 12.9. The summed E-state index contributed by atoms with van der Waals surface area (Å²) in [5, 5.41) is 15.6. The zero-order chi connectivity index (χ0) is 23.2. The Labute approximate surface area is 195 Å². The number of aliphatic hydroxyl groups excluding tert-OH is 1. The summed E-state index contributed by atoms with van der Waals surface area (Å²) in [5.74, 6) is 4.35. The number of carbonyl (C=O) groups is 1. The fraction of sp³-hybridized carbons (Fsp3) is 0.200. The number of nitrogens with zero attached hydrogens (tertiary/aromatic N) is 3. The molecule has 31 heavy (non-hydrogen) atoms. The molecule has 1 aromatic carbocycles. The van der Waals surface area contributed by atoms with Crippen molar-refractivity contribution in [2.75, 3.05) is 18.7 Å². The van der Waals surface area contributed by atoms with E-state index in [1.54, 1.807) is 6.26 Å². The van der Waals surface area contributed by atoms with E-state index in [2.05, 4.69) is 39.5 Å². The number of amidine groups is 1. The van der Waals surface area contributed by atoms with Gasteiger partial charge in [0.15, 0.2) is 5.17 Å². The van der Waals surface area contributed by atoms with Crippen LogP contribution in [-0.4, -0.2) is 46.6 Å². The van der Waals surface area contributed by atoms with E-state index in [9.17, 15) is 4.79 Å². The number of amides is 1. The first-order valence-electron chi connectivity index (χ1n) is 8.85. The second kappa shape index (κ2) is 14.7. The first-order valence-corrected chi connectivity index (χ1v) is 11.9. The summed E-state index contributed by atoms with van der Waals surface area (Å²) >= 11 is 4.07. The van der Waals surface area contributed by atoms with Gasteiger partial charge in [0, 0.05) is 22.4 Å². The highest BCUT2D eigenvalue weighted by Gasteiger charge is 2.17. The summed E-state index contributed by atoms with van der Waals surface area (Å²) < 4.78 is 0. The van der Waals surface area contributed by atoms with Crippen molar-refractivity contribution in [3.8, 4) is 0 Å². The van der Waals surface area contributed by atoms with Crippen LogP contribution in [0.15, 0.2) is 73.6 Å². The molecule has 0 aliphatic heterocycles. The van der Waals surface area contributed by atoms with Crippen molar-refractivity contribution in [1.82, 2.24) is 10.3 Å². The molecule has 0 unspecified atom stereocenters. The first-order chi connectivity index (χ1) is 14.9. The highest BCUT2D eigenvalue weighted by atomic mass is 32.2. The topological polar surface area (TPSA) is 139 Å². The lowest BCUT2D eigenvalue weighted by molar-refractivity contribution is 0.0969. The van der Waals surface area contributed by atoms with E-state index < -0.39 is 0 Å². The van der Waals surface area contributed by atoms with Crippen LogP contribution in [0.3, 0.4) is 0 Å². The largest absolute Gasteiger partial charge is 0.390 e. The minimum atomic E-state index is -0.382. The zero-order valence-electron chi connectivity index (χ0n) is 17.4. The van der Waals surface area contributed by atoms with Gasteiger partial charge in [0.05, 0.1) is 17.3 Å². The summed E-state index contributed by atoms with van der Waals surface area (Å²) in [6, 6.07) is 11.8. The molecule has 166 valence electrons. The quantitative estimate of drug-likeness (QED) is 0.119. The molecule has 1 aromatic heterocycles. The Morgan fingerprint density at radius 1 is 1.26 bits per heavy atom. The number of nitrogens with two attached hydrogens (primary N) is 2. The van der Waals surface area contributed by atoms with Gasteiger partial charge < -0.3 is 16.7 Å². The zero-order valence-corrected chi connectivity index (χ0v) is 19.8.